The lowest BCUT2D eigenvalue weighted by molar-refractivity contribution is -0.121. The Morgan fingerprint density at radius 1 is 1.27 bits per heavy atom. The van der Waals surface area contributed by atoms with Gasteiger partial charge >= 0.3 is 0 Å². The van der Waals surface area contributed by atoms with E-state index in [1.54, 1.807) is 0 Å². The van der Waals surface area contributed by atoms with Crippen molar-refractivity contribution in [3.05, 3.63) is 48.0 Å². The maximum absolute atomic E-state index is 11.1. The predicted molar refractivity (Wildman–Crippen MR) is 60.5 cm³/mol. The minimum absolute atomic E-state index is 0.135. The molecule has 1 heterocycles. The maximum atomic E-state index is 11.1. The van der Waals surface area contributed by atoms with Crippen LogP contribution in [0.3, 0.4) is 0 Å². The fourth-order valence-electron chi connectivity index (χ4n) is 1.79. The summed E-state index contributed by atoms with van der Waals surface area (Å²) in [5.74, 6) is 0.135. The molecule has 0 spiro atoms. The second-order valence-electron chi connectivity index (χ2n) is 3.83. The Bertz CT molecular complexity index is 356. The van der Waals surface area contributed by atoms with E-state index in [-0.39, 0.29) is 11.9 Å². The van der Waals surface area contributed by atoms with Crippen molar-refractivity contribution < 1.29 is 4.79 Å². The Labute approximate surface area is 90.0 Å². The molecule has 1 aromatic rings. The van der Waals surface area contributed by atoms with Crippen molar-refractivity contribution in [2.75, 3.05) is 0 Å². The first kappa shape index (κ1) is 9.97. The highest BCUT2D eigenvalue weighted by Gasteiger charge is 2.12. The van der Waals surface area contributed by atoms with E-state index in [9.17, 15) is 4.79 Å². The van der Waals surface area contributed by atoms with Gasteiger partial charge in [-0.25, -0.2) is 0 Å². The van der Waals surface area contributed by atoms with Gasteiger partial charge in [-0.05, 0) is 18.4 Å². The lowest BCUT2D eigenvalue weighted by Gasteiger charge is -2.18. The topological polar surface area (TPSA) is 29.1 Å². The summed E-state index contributed by atoms with van der Waals surface area (Å²) in [5.41, 5.74) is 1.32. The summed E-state index contributed by atoms with van der Waals surface area (Å²) in [7, 11) is 0. The van der Waals surface area contributed by atoms with E-state index in [0.717, 1.165) is 12.8 Å². The summed E-state index contributed by atoms with van der Waals surface area (Å²) >= 11 is 0. The number of hydrogen-bond acceptors (Lipinski definition) is 1. The third kappa shape index (κ3) is 2.94. The minimum Gasteiger partial charge on any atom is -0.350 e. The highest BCUT2D eigenvalue weighted by molar-refractivity contribution is 5.79. The van der Waals surface area contributed by atoms with Gasteiger partial charge in [-0.3, -0.25) is 4.79 Å². The van der Waals surface area contributed by atoms with E-state index < -0.39 is 0 Å². The van der Waals surface area contributed by atoms with Crippen molar-refractivity contribution >= 4 is 5.91 Å². The molecule has 1 amide bonds. The van der Waals surface area contributed by atoms with Gasteiger partial charge in [-0.1, -0.05) is 42.5 Å². The second kappa shape index (κ2) is 4.78. The third-order valence-corrected chi connectivity index (χ3v) is 2.60. The fraction of sp³-hybridized carbons (Fsp3) is 0.308. The molecule has 1 atom stereocenters. The fourth-order valence-corrected chi connectivity index (χ4v) is 1.79. The maximum Gasteiger partial charge on any atom is 0.224 e. The highest BCUT2D eigenvalue weighted by atomic mass is 16.1. The Hall–Kier alpha value is -1.57. The van der Waals surface area contributed by atoms with Crippen LogP contribution in [-0.4, -0.2) is 11.9 Å². The average Bonchev–Trinajstić information content (AvgIpc) is 2.28. The van der Waals surface area contributed by atoms with Gasteiger partial charge in [0.15, 0.2) is 0 Å². The molecule has 1 aliphatic heterocycles. The lowest BCUT2D eigenvalue weighted by Crippen LogP contribution is -2.35. The molecular weight excluding hydrogens is 186 g/mol. The molecule has 78 valence electrons. The monoisotopic (exact) mass is 201 g/mol. The van der Waals surface area contributed by atoms with Gasteiger partial charge in [0.2, 0.25) is 5.91 Å². The molecule has 0 saturated carbocycles. The normalized spacial score (nSPS) is 20.0. The molecule has 0 radical (unpaired) electrons. The number of nitrogens with one attached hydrogen (secondary N) is 1. The second-order valence-corrected chi connectivity index (χ2v) is 3.83. The summed E-state index contributed by atoms with van der Waals surface area (Å²) < 4.78 is 0. The first-order valence-corrected chi connectivity index (χ1v) is 5.34. The van der Waals surface area contributed by atoms with Crippen LogP contribution in [-0.2, 0) is 11.2 Å². The molecule has 0 saturated heterocycles. The van der Waals surface area contributed by atoms with Crippen molar-refractivity contribution in [2.24, 2.45) is 0 Å². The van der Waals surface area contributed by atoms with Crippen molar-refractivity contribution in [1.29, 1.82) is 0 Å². The van der Waals surface area contributed by atoms with Crippen molar-refractivity contribution in [2.45, 2.75) is 25.3 Å². The molecular formula is C13H15NO. The molecule has 1 N–H and O–H groups in total. The number of carbonyl (C=O) groups excluding carboxylic acids is 1. The van der Waals surface area contributed by atoms with Crippen LogP contribution in [0.25, 0.3) is 0 Å². The Morgan fingerprint density at radius 2 is 2.07 bits per heavy atom. The third-order valence-electron chi connectivity index (χ3n) is 2.60. The molecule has 0 bridgehead atoms. The summed E-state index contributed by atoms with van der Waals surface area (Å²) in [6.07, 6.45) is 6.56. The number of carbonyl (C=O) groups is 1. The average molecular weight is 201 g/mol. The van der Waals surface area contributed by atoms with Crippen molar-refractivity contribution in [3.8, 4) is 0 Å². The smallest absolute Gasteiger partial charge is 0.224 e. The number of rotatable bonds is 3. The van der Waals surface area contributed by atoms with E-state index in [2.05, 4.69) is 23.5 Å². The van der Waals surface area contributed by atoms with Gasteiger partial charge < -0.3 is 5.32 Å². The van der Waals surface area contributed by atoms with Crippen LogP contribution < -0.4 is 5.32 Å². The van der Waals surface area contributed by atoms with E-state index in [1.165, 1.54) is 5.56 Å². The predicted octanol–water partition coefficient (Wildman–Crippen LogP) is 2.06. The van der Waals surface area contributed by atoms with Crippen LogP contribution in [0.5, 0.6) is 0 Å². The Morgan fingerprint density at radius 3 is 2.80 bits per heavy atom. The molecule has 1 aliphatic rings. The summed E-state index contributed by atoms with van der Waals surface area (Å²) in [6.45, 7) is 0. The lowest BCUT2D eigenvalue weighted by atomic mass is 10.0. The zero-order valence-corrected chi connectivity index (χ0v) is 8.65. The quantitative estimate of drug-likeness (QED) is 0.745. The molecule has 0 unspecified atom stereocenters. The highest BCUT2D eigenvalue weighted by Crippen LogP contribution is 2.08. The Balaban J connectivity index is 1.86. The standard InChI is InChI=1S/C13H15NO/c15-13-8-4-7-12(14-13)10-9-11-5-2-1-3-6-11/h1-7,12H,8-10H2,(H,14,15)/t12-/m0/s1. The van der Waals surface area contributed by atoms with Crippen LogP contribution in [0.1, 0.15) is 18.4 Å². The van der Waals surface area contributed by atoms with E-state index in [4.69, 9.17) is 0 Å². The van der Waals surface area contributed by atoms with Crippen LogP contribution in [0.2, 0.25) is 0 Å². The number of aryl methyl sites for hydroxylation is 1. The van der Waals surface area contributed by atoms with Crippen molar-refractivity contribution in [1.82, 2.24) is 5.32 Å². The largest absolute Gasteiger partial charge is 0.350 e. The Kier molecular flexibility index (Phi) is 3.18. The van der Waals surface area contributed by atoms with Crippen LogP contribution >= 0.6 is 0 Å². The number of benzene rings is 1. The van der Waals surface area contributed by atoms with Crippen LogP contribution in [0.15, 0.2) is 42.5 Å². The van der Waals surface area contributed by atoms with Crippen LogP contribution in [0.4, 0.5) is 0 Å². The van der Waals surface area contributed by atoms with Gasteiger partial charge in [0.05, 0.1) is 0 Å². The summed E-state index contributed by atoms with van der Waals surface area (Å²) in [5, 5.41) is 2.96. The van der Waals surface area contributed by atoms with Gasteiger partial charge in [0.1, 0.15) is 0 Å². The molecule has 0 fully saturated rings. The van der Waals surface area contributed by atoms with Gasteiger partial charge in [-0.15, -0.1) is 0 Å². The van der Waals surface area contributed by atoms with E-state index in [0.29, 0.717) is 6.42 Å². The van der Waals surface area contributed by atoms with E-state index in [1.807, 2.05) is 24.3 Å². The molecule has 0 aromatic heterocycles. The first-order valence-electron chi connectivity index (χ1n) is 5.34. The number of hydrogen-bond donors (Lipinski definition) is 1. The van der Waals surface area contributed by atoms with Gasteiger partial charge in [0.25, 0.3) is 0 Å². The summed E-state index contributed by atoms with van der Waals surface area (Å²) in [4.78, 5) is 11.1. The summed E-state index contributed by atoms with van der Waals surface area (Å²) in [6, 6.07) is 10.6. The van der Waals surface area contributed by atoms with Crippen LogP contribution in [0, 0.1) is 0 Å². The molecule has 1 aromatic carbocycles. The minimum atomic E-state index is 0.135. The first-order chi connectivity index (χ1) is 7.34. The zero-order valence-electron chi connectivity index (χ0n) is 8.65. The van der Waals surface area contributed by atoms with Gasteiger partial charge in [0, 0.05) is 12.5 Å². The van der Waals surface area contributed by atoms with Gasteiger partial charge in [-0.2, -0.15) is 0 Å². The zero-order chi connectivity index (χ0) is 10.5. The molecule has 2 heteroatoms. The van der Waals surface area contributed by atoms with E-state index >= 15 is 0 Å². The van der Waals surface area contributed by atoms with Crippen molar-refractivity contribution in [3.63, 3.8) is 0 Å². The molecule has 15 heavy (non-hydrogen) atoms. The number of amides is 1. The molecule has 0 aliphatic carbocycles. The molecule has 2 nitrogen and oxygen atoms in total. The molecule has 2 rings (SSSR count). The SMILES string of the molecule is O=C1CC=C[C@@H](CCc2ccccc2)N1.